The molecule has 0 atom stereocenters. The van der Waals surface area contributed by atoms with Crippen molar-refractivity contribution in [2.45, 2.75) is 25.6 Å². The molecule has 0 bridgehead atoms. The van der Waals surface area contributed by atoms with Gasteiger partial charge in [-0.25, -0.2) is 0 Å². The minimum absolute atomic E-state index is 0. The summed E-state index contributed by atoms with van der Waals surface area (Å²) in [7, 11) is 0. The van der Waals surface area contributed by atoms with Crippen molar-refractivity contribution in [3.8, 4) is 23.3 Å². The van der Waals surface area contributed by atoms with Crippen molar-refractivity contribution >= 4 is 17.6 Å². The van der Waals surface area contributed by atoms with Crippen molar-refractivity contribution in [2.75, 3.05) is 0 Å². The summed E-state index contributed by atoms with van der Waals surface area (Å²) in [5.41, 5.74) is -2.62. The Morgan fingerprint density at radius 2 is 1.79 bits per heavy atom. The zero-order valence-corrected chi connectivity index (χ0v) is 17.8. The third-order valence-electron chi connectivity index (χ3n) is 3.42. The van der Waals surface area contributed by atoms with Crippen LogP contribution < -0.4 is 44.1 Å². The second-order valence-corrected chi connectivity index (χ2v) is 6.32. The number of hydrogen-bond acceptors (Lipinski definition) is 5. The van der Waals surface area contributed by atoms with Crippen molar-refractivity contribution in [3.05, 3.63) is 52.5 Å². The predicted octanol–water partition coefficient (Wildman–Crippen LogP) is 0.934. The number of alkyl halides is 3. The van der Waals surface area contributed by atoms with E-state index in [0.717, 1.165) is 18.2 Å². The summed E-state index contributed by atoms with van der Waals surface area (Å²) in [5.74, 6) is -1.56. The minimum atomic E-state index is -4.55. The summed E-state index contributed by atoms with van der Waals surface area (Å²) in [6, 6.07) is 8.33. The number of hydrogen-bond donors (Lipinski definition) is 0. The molecular weight excluding hydrogens is 410 g/mol. The number of benzene rings is 2. The number of ether oxygens (including phenoxy) is 2. The Hall–Kier alpha value is -1.92. The molecule has 28 heavy (non-hydrogen) atoms. The van der Waals surface area contributed by atoms with Gasteiger partial charge in [-0.05, 0) is 44.2 Å². The van der Waals surface area contributed by atoms with Gasteiger partial charge in [-0.2, -0.15) is 18.4 Å². The van der Waals surface area contributed by atoms with Crippen LogP contribution in [0.3, 0.4) is 0 Å². The van der Waals surface area contributed by atoms with Gasteiger partial charge in [0.15, 0.2) is 0 Å². The fourth-order valence-corrected chi connectivity index (χ4v) is 2.17. The second-order valence-electron chi connectivity index (χ2n) is 5.91. The Morgan fingerprint density at radius 1 is 1.14 bits per heavy atom. The molecule has 142 valence electrons. The molecule has 0 aromatic heterocycles. The average Bonchev–Trinajstić information content (AvgIpc) is 2.55. The van der Waals surface area contributed by atoms with Crippen LogP contribution in [-0.4, -0.2) is 11.6 Å². The molecule has 0 aliphatic carbocycles. The summed E-state index contributed by atoms with van der Waals surface area (Å²) < 4.78 is 48.8. The molecule has 0 amide bonds. The first kappa shape index (κ1) is 24.1. The largest absolute Gasteiger partial charge is 1.00 e. The van der Waals surface area contributed by atoms with Gasteiger partial charge in [0.05, 0.1) is 22.1 Å². The average molecular weight is 422 g/mol. The quantitative estimate of drug-likeness (QED) is 0.671. The van der Waals surface area contributed by atoms with E-state index >= 15 is 0 Å². The Kier molecular flexibility index (Phi) is 7.80. The first-order valence-electron chi connectivity index (χ1n) is 7.43. The van der Waals surface area contributed by atoms with Crippen LogP contribution in [0.4, 0.5) is 13.2 Å². The molecule has 0 spiro atoms. The normalized spacial score (nSPS) is 11.2. The minimum Gasteiger partial charge on any atom is -0.546 e. The second kappa shape index (κ2) is 9.05. The van der Waals surface area contributed by atoms with Gasteiger partial charge in [0, 0.05) is 6.07 Å². The third-order valence-corrected chi connectivity index (χ3v) is 3.71. The van der Waals surface area contributed by atoms with E-state index in [-0.39, 0.29) is 57.4 Å². The molecule has 2 aromatic carbocycles. The molecule has 0 aliphatic heterocycles. The van der Waals surface area contributed by atoms with E-state index in [1.54, 1.807) is 0 Å². The van der Waals surface area contributed by atoms with Crippen LogP contribution >= 0.6 is 11.6 Å². The van der Waals surface area contributed by atoms with E-state index in [9.17, 15) is 23.1 Å². The number of carboxylic acid groups (broad SMARTS) is 1. The van der Waals surface area contributed by atoms with E-state index in [1.165, 1.54) is 32.0 Å². The first-order chi connectivity index (χ1) is 12.4. The molecule has 0 radical (unpaired) electrons. The number of carbonyl (C=O) groups excluding carboxylic acids is 1. The van der Waals surface area contributed by atoms with Crippen LogP contribution in [-0.2, 0) is 11.0 Å². The fraction of sp³-hybridized carbons (Fsp3) is 0.222. The van der Waals surface area contributed by atoms with Crippen molar-refractivity contribution in [3.63, 3.8) is 0 Å². The third kappa shape index (κ3) is 5.79. The van der Waals surface area contributed by atoms with E-state index in [1.807, 2.05) is 6.07 Å². The molecular formula is C18H12ClF3NNaO4. The Labute approximate surface area is 185 Å². The molecule has 2 rings (SSSR count). The van der Waals surface area contributed by atoms with E-state index in [2.05, 4.69) is 0 Å². The van der Waals surface area contributed by atoms with Gasteiger partial charge in [0.25, 0.3) is 0 Å². The zero-order chi connectivity index (χ0) is 20.4. The number of nitriles is 1. The van der Waals surface area contributed by atoms with Gasteiger partial charge in [-0.1, -0.05) is 11.6 Å². The number of aliphatic carboxylic acids is 1. The van der Waals surface area contributed by atoms with Crippen molar-refractivity contribution < 1.29 is 62.1 Å². The SMILES string of the molecule is CC(C)(Oc1cc(Oc2ccc(C(F)(F)F)cc2Cl)ccc1C#N)C(=O)[O-].[Na+]. The van der Waals surface area contributed by atoms with Gasteiger partial charge in [-0.15, -0.1) is 0 Å². The van der Waals surface area contributed by atoms with Gasteiger partial charge < -0.3 is 19.4 Å². The molecule has 10 heteroatoms. The van der Waals surface area contributed by atoms with E-state index < -0.39 is 23.3 Å². The predicted molar refractivity (Wildman–Crippen MR) is 87.4 cm³/mol. The van der Waals surface area contributed by atoms with E-state index in [4.69, 9.17) is 26.3 Å². The first-order valence-corrected chi connectivity index (χ1v) is 7.81. The molecule has 2 aromatic rings. The molecule has 0 saturated heterocycles. The summed E-state index contributed by atoms with van der Waals surface area (Å²) in [5, 5.41) is 20.0. The summed E-state index contributed by atoms with van der Waals surface area (Å²) in [4.78, 5) is 11.1. The fourth-order valence-electron chi connectivity index (χ4n) is 1.95. The van der Waals surface area contributed by atoms with Gasteiger partial charge >= 0.3 is 35.7 Å². The number of halogens is 4. The van der Waals surface area contributed by atoms with Crippen molar-refractivity contribution in [1.29, 1.82) is 5.26 Å². The van der Waals surface area contributed by atoms with Crippen LogP contribution in [0.25, 0.3) is 0 Å². The molecule has 0 fully saturated rings. The smallest absolute Gasteiger partial charge is 0.546 e. The van der Waals surface area contributed by atoms with E-state index in [0.29, 0.717) is 0 Å². The van der Waals surface area contributed by atoms with Crippen LogP contribution in [0.2, 0.25) is 5.02 Å². The summed E-state index contributed by atoms with van der Waals surface area (Å²) >= 11 is 5.84. The standard InChI is InChI=1S/C18H13ClF3NO4.Na/c1-17(2,16(24)25)27-15-8-12(5-3-10(15)9-23)26-14-6-4-11(7-13(14)19)18(20,21)22;/h3-8H,1-2H3,(H,24,25);/q;+1/p-1. The monoisotopic (exact) mass is 421 g/mol. The maximum absolute atomic E-state index is 12.7. The molecule has 0 heterocycles. The van der Waals surface area contributed by atoms with Crippen molar-refractivity contribution in [2.24, 2.45) is 0 Å². The number of rotatable bonds is 5. The zero-order valence-electron chi connectivity index (χ0n) is 15.1. The summed E-state index contributed by atoms with van der Waals surface area (Å²) in [6.07, 6.45) is -4.55. The Balaban J connectivity index is 0.00000392. The van der Waals surface area contributed by atoms with Crippen LogP contribution in [0, 0.1) is 11.3 Å². The number of carboxylic acids is 1. The van der Waals surface area contributed by atoms with Crippen LogP contribution in [0.5, 0.6) is 17.2 Å². The van der Waals surface area contributed by atoms with Gasteiger partial charge in [0.1, 0.15) is 28.9 Å². The molecule has 0 unspecified atom stereocenters. The van der Waals surface area contributed by atoms with Gasteiger partial charge in [-0.3, -0.25) is 0 Å². The van der Waals surface area contributed by atoms with Crippen molar-refractivity contribution in [1.82, 2.24) is 0 Å². The molecule has 0 aliphatic rings. The molecule has 0 N–H and O–H groups in total. The maximum Gasteiger partial charge on any atom is 1.00 e. The molecule has 0 saturated carbocycles. The number of nitrogens with zero attached hydrogens (tertiary/aromatic N) is 1. The van der Waals surface area contributed by atoms with Crippen LogP contribution in [0.1, 0.15) is 25.0 Å². The van der Waals surface area contributed by atoms with Crippen LogP contribution in [0.15, 0.2) is 36.4 Å². The summed E-state index contributed by atoms with van der Waals surface area (Å²) in [6.45, 7) is 2.48. The maximum atomic E-state index is 12.7. The topological polar surface area (TPSA) is 82.4 Å². The van der Waals surface area contributed by atoms with Gasteiger partial charge in [0.2, 0.25) is 0 Å². The Morgan fingerprint density at radius 3 is 2.29 bits per heavy atom. The molecule has 5 nitrogen and oxygen atoms in total. The number of carbonyl (C=O) groups is 1. The Bertz CT molecular complexity index is 926.